The number of benzene rings is 2. The topological polar surface area (TPSA) is 79.4 Å². The number of nitrogens with one attached hydrogen (secondary N) is 1. The molecule has 0 aliphatic heterocycles. The Morgan fingerprint density at radius 3 is 2.54 bits per heavy atom. The molecule has 0 fully saturated rings. The molecule has 26 heavy (non-hydrogen) atoms. The Bertz CT molecular complexity index is 1040. The lowest BCUT2D eigenvalue weighted by molar-refractivity contribution is 0.102. The van der Waals surface area contributed by atoms with Gasteiger partial charge in [-0.3, -0.25) is 14.4 Å². The van der Waals surface area contributed by atoms with Gasteiger partial charge in [0.05, 0.1) is 20.6 Å². The molecule has 0 spiro atoms. The third kappa shape index (κ3) is 3.95. The summed E-state index contributed by atoms with van der Waals surface area (Å²) in [5.41, 5.74) is 0.772. The number of para-hydroxylation sites is 1. The zero-order valence-corrected chi connectivity index (χ0v) is 16.8. The van der Waals surface area contributed by atoms with Crippen molar-refractivity contribution in [3.63, 3.8) is 0 Å². The van der Waals surface area contributed by atoms with Gasteiger partial charge in [0.1, 0.15) is 0 Å². The molecular weight excluding hydrogens is 438 g/mol. The molecule has 1 amide bonds. The van der Waals surface area contributed by atoms with Gasteiger partial charge in [0.15, 0.2) is 5.13 Å². The van der Waals surface area contributed by atoms with Crippen LogP contribution in [0.4, 0.5) is 10.8 Å². The van der Waals surface area contributed by atoms with E-state index in [4.69, 9.17) is 0 Å². The van der Waals surface area contributed by atoms with E-state index in [0.29, 0.717) is 10.8 Å². The van der Waals surface area contributed by atoms with Crippen molar-refractivity contribution in [1.82, 2.24) is 4.98 Å². The molecule has 0 saturated carbocycles. The molecule has 0 aliphatic rings. The second kappa shape index (κ2) is 7.56. The molecule has 0 aliphatic carbocycles. The maximum atomic E-state index is 12.8. The number of amides is 1. The van der Waals surface area contributed by atoms with Crippen LogP contribution in [-0.4, -0.2) is 26.4 Å². The molecule has 1 N–H and O–H groups in total. The van der Waals surface area contributed by atoms with Crippen molar-refractivity contribution < 1.29 is 13.2 Å². The predicted molar refractivity (Wildman–Crippen MR) is 106 cm³/mol. The maximum Gasteiger partial charge on any atom is 0.264 e. The summed E-state index contributed by atoms with van der Waals surface area (Å²) in [4.78, 5) is 16.4. The number of anilines is 2. The van der Waals surface area contributed by atoms with Crippen molar-refractivity contribution in [2.75, 3.05) is 16.7 Å². The standard InChI is InChI=1S/C17H14BrN3O3S2/c1-21(13-7-3-2-4-8-13)26(23,24)14-9-5-6-12(10-14)16(22)20-17-19-11-15(18)25-17/h2-11H,1H3,(H,19,20,22). The molecule has 0 bridgehead atoms. The number of thiazole rings is 1. The van der Waals surface area contributed by atoms with E-state index in [1.165, 1.54) is 34.8 Å². The smallest absolute Gasteiger partial charge is 0.264 e. The van der Waals surface area contributed by atoms with Crippen molar-refractivity contribution in [2.24, 2.45) is 0 Å². The monoisotopic (exact) mass is 451 g/mol. The summed E-state index contributed by atoms with van der Waals surface area (Å²) in [6.07, 6.45) is 1.58. The first-order valence-electron chi connectivity index (χ1n) is 7.44. The van der Waals surface area contributed by atoms with Gasteiger partial charge in [-0.05, 0) is 46.3 Å². The minimum atomic E-state index is -3.78. The number of carbonyl (C=O) groups excluding carboxylic acids is 1. The molecule has 134 valence electrons. The van der Waals surface area contributed by atoms with Gasteiger partial charge in [-0.1, -0.05) is 35.6 Å². The van der Waals surface area contributed by atoms with Crippen LogP contribution in [0, 0.1) is 0 Å². The zero-order chi connectivity index (χ0) is 18.7. The molecule has 1 heterocycles. The van der Waals surface area contributed by atoms with Crippen LogP contribution < -0.4 is 9.62 Å². The Labute approximate surface area is 163 Å². The van der Waals surface area contributed by atoms with Gasteiger partial charge in [-0.2, -0.15) is 0 Å². The van der Waals surface area contributed by atoms with Gasteiger partial charge in [0.2, 0.25) is 0 Å². The Morgan fingerprint density at radius 1 is 1.15 bits per heavy atom. The lowest BCUT2D eigenvalue weighted by Gasteiger charge is -2.19. The van der Waals surface area contributed by atoms with E-state index in [2.05, 4.69) is 26.2 Å². The van der Waals surface area contributed by atoms with Gasteiger partial charge < -0.3 is 0 Å². The van der Waals surface area contributed by atoms with Gasteiger partial charge in [0.25, 0.3) is 15.9 Å². The maximum absolute atomic E-state index is 12.8. The Kier molecular flexibility index (Phi) is 5.40. The summed E-state index contributed by atoms with van der Waals surface area (Å²) in [7, 11) is -2.31. The molecule has 9 heteroatoms. The third-order valence-corrected chi connectivity index (χ3v) is 6.75. The average Bonchev–Trinajstić information content (AvgIpc) is 3.06. The van der Waals surface area contributed by atoms with Crippen LogP contribution in [0.2, 0.25) is 0 Å². The summed E-state index contributed by atoms with van der Waals surface area (Å²) in [6, 6.07) is 14.7. The van der Waals surface area contributed by atoms with Crippen LogP contribution in [0.5, 0.6) is 0 Å². The molecule has 6 nitrogen and oxygen atoms in total. The highest BCUT2D eigenvalue weighted by Gasteiger charge is 2.22. The number of rotatable bonds is 5. The number of halogens is 1. The van der Waals surface area contributed by atoms with Gasteiger partial charge in [-0.15, -0.1) is 0 Å². The molecule has 3 rings (SSSR count). The predicted octanol–water partition coefficient (Wildman–Crippen LogP) is 3.98. The van der Waals surface area contributed by atoms with Crippen molar-refractivity contribution in [2.45, 2.75) is 4.90 Å². The van der Waals surface area contributed by atoms with Crippen LogP contribution in [-0.2, 0) is 10.0 Å². The first-order valence-corrected chi connectivity index (χ1v) is 10.5. The van der Waals surface area contributed by atoms with E-state index in [1.807, 2.05) is 6.07 Å². The molecule has 0 radical (unpaired) electrons. The molecule has 0 unspecified atom stereocenters. The summed E-state index contributed by atoms with van der Waals surface area (Å²) < 4.78 is 27.7. The first kappa shape index (κ1) is 18.6. The number of hydrogen-bond donors (Lipinski definition) is 1. The second-order valence-electron chi connectivity index (χ2n) is 5.26. The Balaban J connectivity index is 1.87. The van der Waals surface area contributed by atoms with Gasteiger partial charge in [0, 0.05) is 12.6 Å². The summed E-state index contributed by atoms with van der Waals surface area (Å²) in [5.74, 6) is -0.425. The highest BCUT2D eigenvalue weighted by Crippen LogP contribution is 2.25. The van der Waals surface area contributed by atoms with Crippen molar-refractivity contribution in [3.05, 3.63) is 70.1 Å². The van der Waals surface area contributed by atoms with Gasteiger partial charge in [-0.25, -0.2) is 13.4 Å². The fourth-order valence-corrected chi connectivity index (χ4v) is 4.56. The van der Waals surface area contributed by atoms with Crippen LogP contribution in [0.3, 0.4) is 0 Å². The van der Waals surface area contributed by atoms with Crippen molar-refractivity contribution in [1.29, 1.82) is 0 Å². The largest absolute Gasteiger partial charge is 0.298 e. The molecule has 0 saturated heterocycles. The lowest BCUT2D eigenvalue weighted by Crippen LogP contribution is -2.26. The highest BCUT2D eigenvalue weighted by atomic mass is 79.9. The van der Waals surface area contributed by atoms with Gasteiger partial charge >= 0.3 is 0 Å². The SMILES string of the molecule is CN(c1ccccc1)S(=O)(=O)c1cccc(C(=O)Nc2ncc(Br)s2)c1. The molecule has 1 aromatic heterocycles. The number of carbonyl (C=O) groups is 1. The van der Waals surface area contributed by atoms with E-state index < -0.39 is 15.9 Å². The van der Waals surface area contributed by atoms with E-state index >= 15 is 0 Å². The van der Waals surface area contributed by atoms with Crippen molar-refractivity contribution >= 4 is 54.0 Å². The Hall–Kier alpha value is -2.23. The number of nitrogens with zero attached hydrogens (tertiary/aromatic N) is 2. The summed E-state index contributed by atoms with van der Waals surface area (Å²) >= 11 is 4.54. The van der Waals surface area contributed by atoms with Crippen molar-refractivity contribution in [3.8, 4) is 0 Å². The fraction of sp³-hybridized carbons (Fsp3) is 0.0588. The minimum Gasteiger partial charge on any atom is -0.298 e. The zero-order valence-electron chi connectivity index (χ0n) is 13.6. The lowest BCUT2D eigenvalue weighted by atomic mass is 10.2. The second-order valence-corrected chi connectivity index (χ2v) is 9.64. The Morgan fingerprint density at radius 2 is 1.88 bits per heavy atom. The average molecular weight is 452 g/mol. The quantitative estimate of drug-likeness (QED) is 0.635. The third-order valence-electron chi connectivity index (χ3n) is 3.57. The summed E-state index contributed by atoms with van der Waals surface area (Å²) in [6.45, 7) is 0. The van der Waals surface area contributed by atoms with Crippen LogP contribution >= 0.6 is 27.3 Å². The van der Waals surface area contributed by atoms with E-state index in [0.717, 1.165) is 3.79 Å². The molecular formula is C17H14BrN3O3S2. The molecule has 0 atom stereocenters. The number of sulfonamides is 1. The molecule has 2 aromatic carbocycles. The van der Waals surface area contributed by atoms with Crippen LogP contribution in [0.25, 0.3) is 0 Å². The van der Waals surface area contributed by atoms with E-state index in [9.17, 15) is 13.2 Å². The first-order chi connectivity index (χ1) is 12.4. The minimum absolute atomic E-state index is 0.0387. The summed E-state index contributed by atoms with van der Waals surface area (Å²) in [5, 5.41) is 3.08. The molecule has 3 aromatic rings. The highest BCUT2D eigenvalue weighted by molar-refractivity contribution is 9.11. The number of hydrogen-bond acceptors (Lipinski definition) is 5. The van der Waals surface area contributed by atoms with Crippen LogP contribution in [0.15, 0.2) is 69.5 Å². The normalized spacial score (nSPS) is 11.2. The van der Waals surface area contributed by atoms with Crippen LogP contribution in [0.1, 0.15) is 10.4 Å². The van der Waals surface area contributed by atoms with E-state index in [-0.39, 0.29) is 10.5 Å². The fourth-order valence-electron chi connectivity index (χ4n) is 2.21. The number of aromatic nitrogens is 1. The van der Waals surface area contributed by atoms with E-state index in [1.54, 1.807) is 42.6 Å².